The molecule has 2 N–H and O–H groups in total. The molecule has 4 heteroatoms. The summed E-state index contributed by atoms with van der Waals surface area (Å²) in [6, 6.07) is 0. The lowest BCUT2D eigenvalue weighted by atomic mass is 9.83. The lowest BCUT2D eigenvalue weighted by Crippen LogP contribution is -2.20. The normalized spacial score (nSPS) is 12.5. The summed E-state index contributed by atoms with van der Waals surface area (Å²) < 4.78 is 5.33. The van der Waals surface area contributed by atoms with Crippen LogP contribution in [0.25, 0.3) is 0 Å². The van der Waals surface area contributed by atoms with Crippen molar-refractivity contribution in [3.63, 3.8) is 0 Å². The van der Waals surface area contributed by atoms with Gasteiger partial charge in [-0.25, -0.2) is 0 Å². The van der Waals surface area contributed by atoms with Gasteiger partial charge in [-0.05, 0) is 19.2 Å². The van der Waals surface area contributed by atoms with Gasteiger partial charge in [0.25, 0.3) is 0 Å². The molecule has 0 aliphatic heterocycles. The molecule has 0 aliphatic rings. The van der Waals surface area contributed by atoms with Crippen LogP contribution in [-0.4, -0.2) is 30.0 Å². The van der Waals surface area contributed by atoms with E-state index in [2.05, 4.69) is 13.8 Å². The Morgan fingerprint density at radius 2 is 1.12 bits per heavy atom. The van der Waals surface area contributed by atoms with Gasteiger partial charge in [-0.1, -0.05) is 110 Å². The highest BCUT2D eigenvalue weighted by Gasteiger charge is 2.12. The number of unbranched alkanes of at least 4 members (excludes halogenated alkanes) is 13. The minimum Gasteiger partial charge on any atom is -0.427 e. The summed E-state index contributed by atoms with van der Waals surface area (Å²) in [5.74, 6) is 0. The van der Waals surface area contributed by atoms with Gasteiger partial charge in [0.05, 0.1) is 6.10 Å². The minimum absolute atomic E-state index is 0.277. The van der Waals surface area contributed by atoms with Crippen LogP contribution in [0.4, 0.5) is 0 Å². The van der Waals surface area contributed by atoms with Crippen molar-refractivity contribution >= 4 is 7.12 Å². The van der Waals surface area contributed by atoms with Crippen LogP contribution in [0.3, 0.4) is 0 Å². The molecule has 0 radical (unpaired) electrons. The zero-order valence-corrected chi connectivity index (χ0v) is 17.9. The van der Waals surface area contributed by atoms with E-state index in [4.69, 9.17) is 4.65 Å². The third-order valence-corrected chi connectivity index (χ3v) is 5.21. The number of aliphatic hydroxyl groups excluding tert-OH is 1. The number of aliphatic hydroxyl groups is 1. The molecular weight excluding hydrogens is 323 g/mol. The predicted molar refractivity (Wildman–Crippen MR) is 115 cm³/mol. The lowest BCUT2D eigenvalue weighted by Gasteiger charge is -2.12. The Morgan fingerprint density at radius 3 is 1.62 bits per heavy atom. The van der Waals surface area contributed by atoms with Gasteiger partial charge in [0, 0.05) is 6.61 Å². The Labute approximate surface area is 164 Å². The summed E-state index contributed by atoms with van der Waals surface area (Å²) in [6.07, 6.45) is 21.6. The largest absolute Gasteiger partial charge is 0.454 e. The first-order valence-corrected chi connectivity index (χ1v) is 11.7. The predicted octanol–water partition coefficient (Wildman–Crippen LogP) is 6.52. The van der Waals surface area contributed by atoms with Gasteiger partial charge in [0.1, 0.15) is 0 Å². The smallest absolute Gasteiger partial charge is 0.427 e. The van der Waals surface area contributed by atoms with Gasteiger partial charge in [-0.15, -0.1) is 0 Å². The van der Waals surface area contributed by atoms with Crippen LogP contribution in [0.1, 0.15) is 123 Å². The standard InChI is InChI=1S/C22H47BO3/c1-3-5-7-8-9-10-11-12-13-14-15-16-17-18-22(24)19-21-26-23(25)20-6-4-2/h22,24-25H,3-21H2,1-2H3. The van der Waals surface area contributed by atoms with Gasteiger partial charge in [0.2, 0.25) is 0 Å². The summed E-state index contributed by atoms with van der Waals surface area (Å²) in [4.78, 5) is 0. The molecular formula is C22H47BO3. The van der Waals surface area contributed by atoms with E-state index in [9.17, 15) is 10.1 Å². The summed E-state index contributed by atoms with van der Waals surface area (Å²) >= 11 is 0. The highest BCUT2D eigenvalue weighted by Crippen LogP contribution is 2.14. The van der Waals surface area contributed by atoms with Crippen molar-refractivity contribution in [3.05, 3.63) is 0 Å². The van der Waals surface area contributed by atoms with Gasteiger partial charge in [-0.3, -0.25) is 0 Å². The highest BCUT2D eigenvalue weighted by atomic mass is 16.5. The van der Waals surface area contributed by atoms with Crippen LogP contribution in [0, 0.1) is 0 Å². The molecule has 0 aromatic rings. The zero-order valence-electron chi connectivity index (χ0n) is 17.9. The van der Waals surface area contributed by atoms with E-state index in [1.54, 1.807) is 0 Å². The molecule has 0 saturated carbocycles. The fraction of sp³-hybridized carbons (Fsp3) is 1.00. The maximum atomic E-state index is 9.95. The van der Waals surface area contributed by atoms with E-state index in [1.165, 1.54) is 77.0 Å². The van der Waals surface area contributed by atoms with Gasteiger partial charge < -0.3 is 14.8 Å². The first-order valence-electron chi connectivity index (χ1n) is 11.7. The number of hydrogen-bond acceptors (Lipinski definition) is 3. The topological polar surface area (TPSA) is 49.7 Å². The van der Waals surface area contributed by atoms with E-state index < -0.39 is 7.12 Å². The molecule has 0 spiro atoms. The first-order chi connectivity index (χ1) is 12.7. The lowest BCUT2D eigenvalue weighted by molar-refractivity contribution is 0.121. The number of hydrogen-bond donors (Lipinski definition) is 2. The van der Waals surface area contributed by atoms with Gasteiger partial charge >= 0.3 is 7.12 Å². The summed E-state index contributed by atoms with van der Waals surface area (Å²) in [6.45, 7) is 4.84. The van der Waals surface area contributed by atoms with Crippen LogP contribution in [0.15, 0.2) is 0 Å². The second kappa shape index (κ2) is 21.2. The third kappa shape index (κ3) is 20.3. The second-order valence-corrected chi connectivity index (χ2v) is 7.94. The van der Waals surface area contributed by atoms with Gasteiger partial charge in [-0.2, -0.15) is 0 Å². The molecule has 0 heterocycles. The Balaban J connectivity index is 3.19. The molecule has 0 bridgehead atoms. The Morgan fingerprint density at radius 1 is 0.654 bits per heavy atom. The average Bonchev–Trinajstić information content (AvgIpc) is 2.63. The van der Waals surface area contributed by atoms with E-state index in [-0.39, 0.29) is 6.10 Å². The fourth-order valence-electron chi connectivity index (χ4n) is 3.34. The third-order valence-electron chi connectivity index (χ3n) is 5.21. The minimum atomic E-state index is -0.654. The van der Waals surface area contributed by atoms with Crippen LogP contribution in [0.5, 0.6) is 0 Å². The van der Waals surface area contributed by atoms with Crippen LogP contribution >= 0.6 is 0 Å². The van der Waals surface area contributed by atoms with Gasteiger partial charge in [0.15, 0.2) is 0 Å². The molecule has 156 valence electrons. The molecule has 0 aliphatic carbocycles. The molecule has 26 heavy (non-hydrogen) atoms. The van der Waals surface area contributed by atoms with Crippen LogP contribution in [0.2, 0.25) is 6.32 Å². The molecule has 3 nitrogen and oxygen atoms in total. The Kier molecular flexibility index (Phi) is 21.2. The van der Waals surface area contributed by atoms with Crippen molar-refractivity contribution in [1.29, 1.82) is 0 Å². The van der Waals surface area contributed by atoms with Crippen LogP contribution < -0.4 is 0 Å². The maximum Gasteiger partial charge on any atom is 0.454 e. The summed E-state index contributed by atoms with van der Waals surface area (Å²) in [7, 11) is -0.654. The van der Waals surface area contributed by atoms with E-state index in [0.29, 0.717) is 19.3 Å². The summed E-state index contributed by atoms with van der Waals surface area (Å²) in [5, 5.41) is 19.5. The van der Waals surface area contributed by atoms with E-state index in [0.717, 1.165) is 25.7 Å². The quantitative estimate of drug-likeness (QED) is 0.179. The van der Waals surface area contributed by atoms with E-state index in [1.807, 2.05) is 0 Å². The highest BCUT2D eigenvalue weighted by molar-refractivity contribution is 6.42. The molecule has 1 unspecified atom stereocenters. The average molecular weight is 370 g/mol. The van der Waals surface area contributed by atoms with Crippen LogP contribution in [-0.2, 0) is 4.65 Å². The number of rotatable bonds is 21. The molecule has 0 saturated heterocycles. The van der Waals surface area contributed by atoms with Crippen molar-refractivity contribution in [2.45, 2.75) is 135 Å². The van der Waals surface area contributed by atoms with Crippen molar-refractivity contribution in [2.24, 2.45) is 0 Å². The van der Waals surface area contributed by atoms with E-state index >= 15 is 0 Å². The van der Waals surface area contributed by atoms with Crippen molar-refractivity contribution in [2.75, 3.05) is 6.61 Å². The first kappa shape index (κ1) is 25.9. The molecule has 1 atom stereocenters. The summed E-state index contributed by atoms with van der Waals surface area (Å²) in [5.41, 5.74) is 0. The second-order valence-electron chi connectivity index (χ2n) is 7.94. The molecule has 0 aromatic heterocycles. The van der Waals surface area contributed by atoms with Crippen molar-refractivity contribution < 1.29 is 14.8 Å². The molecule has 0 aromatic carbocycles. The fourth-order valence-corrected chi connectivity index (χ4v) is 3.34. The SMILES string of the molecule is CCCCCCCCCCCCCCCC(O)CCOB(O)CCCC. The van der Waals surface area contributed by atoms with Crippen molar-refractivity contribution in [1.82, 2.24) is 0 Å². The Hall–Kier alpha value is -0.0551. The maximum absolute atomic E-state index is 9.95. The monoisotopic (exact) mass is 370 g/mol. The molecule has 0 fully saturated rings. The molecule has 0 rings (SSSR count). The van der Waals surface area contributed by atoms with Crippen molar-refractivity contribution in [3.8, 4) is 0 Å². The zero-order chi connectivity index (χ0) is 19.3. The Bertz CT molecular complexity index is 264. The molecule has 0 amide bonds.